The summed E-state index contributed by atoms with van der Waals surface area (Å²) in [5, 5.41) is 16.0. The molecule has 0 spiro atoms. The van der Waals surface area contributed by atoms with Gasteiger partial charge in [0.05, 0.1) is 10.5 Å². The SMILES string of the molecule is CC1(OCC(=O)Nc2ccc(F)c([N+](=O)[O-])c2)CNC1. The van der Waals surface area contributed by atoms with Crippen molar-refractivity contribution in [1.29, 1.82) is 0 Å². The van der Waals surface area contributed by atoms with Gasteiger partial charge >= 0.3 is 5.69 Å². The first-order valence-corrected chi connectivity index (χ1v) is 5.98. The van der Waals surface area contributed by atoms with E-state index in [0.29, 0.717) is 13.1 Å². The zero-order chi connectivity index (χ0) is 14.8. The van der Waals surface area contributed by atoms with Gasteiger partial charge in [-0.25, -0.2) is 0 Å². The molecule has 0 aliphatic carbocycles. The third-order valence-electron chi connectivity index (χ3n) is 2.98. The Balaban J connectivity index is 1.94. The fraction of sp³-hybridized carbons (Fsp3) is 0.417. The smallest absolute Gasteiger partial charge is 0.306 e. The van der Waals surface area contributed by atoms with E-state index >= 15 is 0 Å². The molecule has 0 bridgehead atoms. The average molecular weight is 283 g/mol. The van der Waals surface area contributed by atoms with Crippen LogP contribution in [0.1, 0.15) is 6.92 Å². The number of amides is 1. The van der Waals surface area contributed by atoms with Gasteiger partial charge in [-0.2, -0.15) is 4.39 Å². The predicted molar refractivity (Wildman–Crippen MR) is 68.9 cm³/mol. The minimum atomic E-state index is -0.947. The number of ether oxygens (including phenoxy) is 1. The molecule has 1 amide bonds. The van der Waals surface area contributed by atoms with Crippen LogP contribution in [0.25, 0.3) is 0 Å². The lowest BCUT2D eigenvalue weighted by molar-refractivity contribution is -0.387. The quantitative estimate of drug-likeness (QED) is 0.622. The molecule has 8 heteroatoms. The summed E-state index contributed by atoms with van der Waals surface area (Å²) in [5.74, 6) is -1.39. The van der Waals surface area contributed by atoms with Crippen molar-refractivity contribution in [3.8, 4) is 0 Å². The van der Waals surface area contributed by atoms with E-state index in [1.54, 1.807) is 0 Å². The Morgan fingerprint density at radius 3 is 2.85 bits per heavy atom. The second-order valence-corrected chi connectivity index (χ2v) is 4.81. The number of carbonyl (C=O) groups is 1. The van der Waals surface area contributed by atoms with Gasteiger partial charge in [-0.1, -0.05) is 0 Å². The van der Waals surface area contributed by atoms with E-state index in [0.717, 1.165) is 12.1 Å². The number of rotatable bonds is 5. The molecule has 0 aromatic heterocycles. The highest BCUT2D eigenvalue weighted by atomic mass is 19.1. The van der Waals surface area contributed by atoms with Crippen LogP contribution in [0.4, 0.5) is 15.8 Å². The average Bonchev–Trinajstić information content (AvgIpc) is 2.36. The summed E-state index contributed by atoms with van der Waals surface area (Å²) in [4.78, 5) is 21.4. The number of carbonyl (C=O) groups excluding carboxylic acids is 1. The molecule has 20 heavy (non-hydrogen) atoms. The van der Waals surface area contributed by atoms with Crippen molar-refractivity contribution in [3.05, 3.63) is 34.1 Å². The lowest BCUT2D eigenvalue weighted by atomic mass is 10.0. The second kappa shape index (κ2) is 5.51. The standard InChI is InChI=1S/C12H14FN3O4/c1-12(6-14-7-12)20-5-11(17)15-8-2-3-9(13)10(4-8)16(18)19/h2-4,14H,5-7H2,1H3,(H,15,17). The molecule has 1 heterocycles. The molecule has 1 saturated heterocycles. The molecular formula is C12H14FN3O4. The number of nitro groups is 1. The molecule has 0 saturated carbocycles. The normalized spacial score (nSPS) is 16.3. The number of anilines is 1. The first kappa shape index (κ1) is 14.4. The van der Waals surface area contributed by atoms with Crippen LogP contribution in [0.15, 0.2) is 18.2 Å². The third-order valence-corrected chi connectivity index (χ3v) is 2.98. The monoisotopic (exact) mass is 283 g/mol. The number of nitrogens with one attached hydrogen (secondary N) is 2. The van der Waals surface area contributed by atoms with E-state index in [4.69, 9.17) is 4.74 Å². The van der Waals surface area contributed by atoms with Crippen molar-refractivity contribution in [2.75, 3.05) is 25.0 Å². The number of hydrogen-bond donors (Lipinski definition) is 2. The number of halogens is 1. The van der Waals surface area contributed by atoms with E-state index < -0.39 is 22.3 Å². The molecule has 7 nitrogen and oxygen atoms in total. The van der Waals surface area contributed by atoms with Gasteiger partial charge in [0.2, 0.25) is 11.7 Å². The highest BCUT2D eigenvalue weighted by Crippen LogP contribution is 2.21. The van der Waals surface area contributed by atoms with Gasteiger partial charge in [-0.05, 0) is 19.1 Å². The zero-order valence-electron chi connectivity index (χ0n) is 10.8. The lowest BCUT2D eigenvalue weighted by Gasteiger charge is -2.38. The van der Waals surface area contributed by atoms with Crippen LogP contribution >= 0.6 is 0 Å². The van der Waals surface area contributed by atoms with Crippen molar-refractivity contribution >= 4 is 17.3 Å². The largest absolute Gasteiger partial charge is 0.363 e. The van der Waals surface area contributed by atoms with E-state index in [1.807, 2.05) is 6.92 Å². The Hall–Kier alpha value is -2.06. The van der Waals surface area contributed by atoms with Gasteiger partial charge in [0.1, 0.15) is 6.61 Å². The molecule has 1 aromatic carbocycles. The summed E-state index contributed by atoms with van der Waals surface area (Å²) in [7, 11) is 0. The Kier molecular flexibility index (Phi) is 3.96. The Labute approximate surface area is 114 Å². The third kappa shape index (κ3) is 3.28. The topological polar surface area (TPSA) is 93.5 Å². The molecule has 1 aromatic rings. The first-order chi connectivity index (χ1) is 9.39. The van der Waals surface area contributed by atoms with Crippen LogP contribution < -0.4 is 10.6 Å². The molecule has 1 aliphatic heterocycles. The van der Waals surface area contributed by atoms with Gasteiger partial charge in [0.25, 0.3) is 0 Å². The first-order valence-electron chi connectivity index (χ1n) is 5.98. The van der Waals surface area contributed by atoms with Crippen LogP contribution in [-0.2, 0) is 9.53 Å². The fourth-order valence-electron chi connectivity index (χ4n) is 1.75. The number of hydrogen-bond acceptors (Lipinski definition) is 5. The van der Waals surface area contributed by atoms with Crippen LogP contribution in [-0.4, -0.2) is 36.1 Å². The summed E-state index contributed by atoms with van der Waals surface area (Å²) in [6.07, 6.45) is 0. The molecule has 0 unspecified atom stereocenters. The molecule has 1 fully saturated rings. The second-order valence-electron chi connectivity index (χ2n) is 4.81. The van der Waals surface area contributed by atoms with Crippen molar-refractivity contribution in [1.82, 2.24) is 5.32 Å². The minimum Gasteiger partial charge on any atom is -0.363 e. The zero-order valence-corrected chi connectivity index (χ0v) is 10.8. The minimum absolute atomic E-state index is 0.156. The Morgan fingerprint density at radius 2 is 2.30 bits per heavy atom. The van der Waals surface area contributed by atoms with Crippen molar-refractivity contribution in [2.45, 2.75) is 12.5 Å². The summed E-state index contributed by atoms with van der Waals surface area (Å²) in [6.45, 7) is 3.05. The molecule has 2 rings (SSSR count). The molecule has 1 aliphatic rings. The lowest BCUT2D eigenvalue weighted by Crippen LogP contribution is -2.59. The van der Waals surface area contributed by atoms with E-state index in [2.05, 4.69) is 10.6 Å². The maximum absolute atomic E-state index is 13.1. The van der Waals surface area contributed by atoms with Gasteiger partial charge < -0.3 is 15.4 Å². The van der Waals surface area contributed by atoms with Crippen molar-refractivity contribution < 1.29 is 18.8 Å². The van der Waals surface area contributed by atoms with E-state index in [1.165, 1.54) is 6.07 Å². The summed E-state index contributed by atoms with van der Waals surface area (Å²) < 4.78 is 18.5. The van der Waals surface area contributed by atoms with Crippen LogP contribution in [0.5, 0.6) is 0 Å². The maximum atomic E-state index is 13.1. The van der Waals surface area contributed by atoms with E-state index in [-0.39, 0.29) is 17.9 Å². The van der Waals surface area contributed by atoms with Crippen molar-refractivity contribution in [2.24, 2.45) is 0 Å². The molecule has 0 radical (unpaired) electrons. The number of nitro benzene ring substituents is 1. The highest BCUT2D eigenvalue weighted by Gasteiger charge is 2.33. The van der Waals surface area contributed by atoms with Crippen molar-refractivity contribution in [3.63, 3.8) is 0 Å². The van der Waals surface area contributed by atoms with Crippen LogP contribution in [0.3, 0.4) is 0 Å². The van der Waals surface area contributed by atoms with Gasteiger partial charge in [-0.15, -0.1) is 0 Å². The Bertz CT molecular complexity index is 546. The predicted octanol–water partition coefficient (Wildman–Crippen LogP) is 1.05. The van der Waals surface area contributed by atoms with Gasteiger partial charge in [0.15, 0.2) is 0 Å². The number of nitrogens with zero attached hydrogens (tertiary/aromatic N) is 1. The molecule has 108 valence electrons. The number of benzene rings is 1. The summed E-state index contributed by atoms with van der Waals surface area (Å²) in [6, 6.07) is 3.17. The summed E-state index contributed by atoms with van der Waals surface area (Å²) >= 11 is 0. The van der Waals surface area contributed by atoms with Gasteiger partial charge in [0, 0.05) is 24.8 Å². The van der Waals surface area contributed by atoms with Gasteiger partial charge in [-0.3, -0.25) is 14.9 Å². The molecule has 2 N–H and O–H groups in total. The van der Waals surface area contributed by atoms with Crippen LogP contribution in [0.2, 0.25) is 0 Å². The van der Waals surface area contributed by atoms with Crippen LogP contribution in [0, 0.1) is 15.9 Å². The maximum Gasteiger partial charge on any atom is 0.306 e. The fourth-order valence-corrected chi connectivity index (χ4v) is 1.75. The Morgan fingerprint density at radius 1 is 1.60 bits per heavy atom. The molecule has 0 atom stereocenters. The van der Waals surface area contributed by atoms with E-state index in [9.17, 15) is 19.3 Å². The summed E-state index contributed by atoms with van der Waals surface area (Å²) in [5.41, 5.74) is -0.881. The molecular weight excluding hydrogens is 269 g/mol. The highest BCUT2D eigenvalue weighted by molar-refractivity contribution is 5.92.